The third-order valence-electron chi connectivity index (χ3n) is 6.44. The van der Waals surface area contributed by atoms with Crippen LogP contribution >= 0.6 is 0 Å². The first-order chi connectivity index (χ1) is 8.13. The largest absolute Gasteiger partial charge is 0.323 e. The number of rotatable bonds is 5. The molecule has 0 aromatic carbocycles. The molecule has 1 heterocycles. The van der Waals surface area contributed by atoms with Gasteiger partial charge in [0.1, 0.15) is 0 Å². The first kappa shape index (κ1) is 12.0. The number of unbranched alkanes of at least 4 members (excludes halogenated alkanes) is 2. The quantitative estimate of drug-likeness (QED) is 0.503. The van der Waals surface area contributed by atoms with E-state index in [1.165, 1.54) is 55.1 Å². The summed E-state index contributed by atoms with van der Waals surface area (Å²) in [6, 6.07) is 0.994. The smallest absolute Gasteiger partial charge is 0.0896 e. The summed E-state index contributed by atoms with van der Waals surface area (Å²) in [6.07, 6.45) is 10.5. The van der Waals surface area contributed by atoms with Crippen LogP contribution in [0.2, 0.25) is 0 Å². The number of fused-ring (bicyclic) bond motifs is 2. The SMILES string of the molecule is CCCCCC1CC2(CC3CC32)C[N+]1(C)CC. The lowest BCUT2D eigenvalue weighted by atomic mass is 9.67. The van der Waals surface area contributed by atoms with Crippen molar-refractivity contribution in [1.29, 1.82) is 0 Å². The van der Waals surface area contributed by atoms with Crippen LogP contribution in [0.5, 0.6) is 0 Å². The molecule has 98 valence electrons. The third kappa shape index (κ3) is 1.77. The average molecular weight is 236 g/mol. The van der Waals surface area contributed by atoms with Gasteiger partial charge in [0.15, 0.2) is 0 Å². The Morgan fingerprint density at radius 2 is 2.00 bits per heavy atom. The van der Waals surface area contributed by atoms with Crippen LogP contribution in [-0.2, 0) is 0 Å². The molecule has 3 aliphatic rings. The lowest BCUT2D eigenvalue weighted by molar-refractivity contribution is -0.922. The summed E-state index contributed by atoms with van der Waals surface area (Å²) < 4.78 is 1.40. The van der Waals surface area contributed by atoms with Gasteiger partial charge in [-0.1, -0.05) is 19.8 Å². The van der Waals surface area contributed by atoms with Crippen LogP contribution in [0.1, 0.15) is 58.8 Å². The molecule has 1 nitrogen and oxygen atoms in total. The topological polar surface area (TPSA) is 0 Å². The summed E-state index contributed by atoms with van der Waals surface area (Å²) in [5, 5.41) is 0. The molecular weight excluding hydrogens is 206 g/mol. The zero-order valence-electron chi connectivity index (χ0n) is 12.0. The fraction of sp³-hybridized carbons (Fsp3) is 1.00. The molecule has 0 bridgehead atoms. The summed E-state index contributed by atoms with van der Waals surface area (Å²) in [4.78, 5) is 0. The summed E-state index contributed by atoms with van der Waals surface area (Å²) >= 11 is 0. The summed E-state index contributed by atoms with van der Waals surface area (Å²) in [5.74, 6) is 2.34. The van der Waals surface area contributed by atoms with Gasteiger partial charge in [-0.15, -0.1) is 0 Å². The van der Waals surface area contributed by atoms with E-state index in [4.69, 9.17) is 0 Å². The van der Waals surface area contributed by atoms with Crippen molar-refractivity contribution in [2.45, 2.75) is 64.8 Å². The minimum Gasteiger partial charge on any atom is -0.323 e. The molecule has 0 amide bonds. The highest BCUT2D eigenvalue weighted by Gasteiger charge is 2.70. The van der Waals surface area contributed by atoms with Gasteiger partial charge in [0.05, 0.1) is 26.2 Å². The fourth-order valence-electron chi connectivity index (χ4n) is 5.17. The van der Waals surface area contributed by atoms with E-state index >= 15 is 0 Å². The van der Waals surface area contributed by atoms with Crippen LogP contribution < -0.4 is 0 Å². The van der Waals surface area contributed by atoms with Gasteiger partial charge in [-0.25, -0.2) is 0 Å². The normalized spacial score (nSPS) is 51.4. The van der Waals surface area contributed by atoms with Gasteiger partial charge in [0.2, 0.25) is 0 Å². The van der Waals surface area contributed by atoms with Crippen molar-refractivity contribution in [3.05, 3.63) is 0 Å². The molecule has 5 atom stereocenters. The molecule has 1 saturated heterocycles. The molecule has 2 aliphatic carbocycles. The van der Waals surface area contributed by atoms with Gasteiger partial charge in [-0.2, -0.15) is 0 Å². The predicted molar refractivity (Wildman–Crippen MR) is 72.8 cm³/mol. The van der Waals surface area contributed by atoms with Crippen molar-refractivity contribution in [2.75, 3.05) is 20.1 Å². The van der Waals surface area contributed by atoms with E-state index in [1.54, 1.807) is 19.3 Å². The van der Waals surface area contributed by atoms with E-state index in [-0.39, 0.29) is 0 Å². The number of hydrogen-bond donors (Lipinski definition) is 0. The maximum absolute atomic E-state index is 2.54. The van der Waals surface area contributed by atoms with E-state index in [2.05, 4.69) is 20.9 Å². The van der Waals surface area contributed by atoms with Crippen molar-refractivity contribution in [3.63, 3.8) is 0 Å². The van der Waals surface area contributed by atoms with Crippen LogP contribution in [0.15, 0.2) is 0 Å². The van der Waals surface area contributed by atoms with Crippen LogP contribution in [-0.4, -0.2) is 30.7 Å². The number of nitrogens with zero attached hydrogens (tertiary/aromatic N) is 1. The Labute approximate surface area is 107 Å². The van der Waals surface area contributed by atoms with Crippen LogP contribution in [0.4, 0.5) is 0 Å². The second-order valence-electron chi connectivity index (χ2n) is 7.48. The Balaban J connectivity index is 1.64. The molecule has 0 aromatic heterocycles. The Hall–Kier alpha value is -0.0400. The van der Waals surface area contributed by atoms with Crippen molar-refractivity contribution in [3.8, 4) is 0 Å². The third-order valence-corrected chi connectivity index (χ3v) is 6.44. The molecule has 1 heteroatoms. The Bertz CT molecular complexity index is 300. The van der Waals surface area contributed by atoms with Crippen molar-refractivity contribution >= 4 is 0 Å². The second-order valence-corrected chi connectivity index (χ2v) is 7.48. The van der Waals surface area contributed by atoms with Gasteiger partial charge < -0.3 is 4.48 Å². The molecule has 0 aromatic rings. The second kappa shape index (κ2) is 3.98. The van der Waals surface area contributed by atoms with E-state index in [0.29, 0.717) is 0 Å². The maximum Gasteiger partial charge on any atom is 0.0896 e. The zero-order valence-corrected chi connectivity index (χ0v) is 12.0. The Morgan fingerprint density at radius 3 is 2.53 bits per heavy atom. The van der Waals surface area contributed by atoms with Gasteiger partial charge in [0.25, 0.3) is 0 Å². The molecule has 3 rings (SSSR count). The lowest BCUT2D eigenvalue weighted by Crippen LogP contribution is -2.49. The first-order valence-electron chi connectivity index (χ1n) is 7.98. The molecule has 17 heavy (non-hydrogen) atoms. The van der Waals surface area contributed by atoms with Crippen LogP contribution in [0, 0.1) is 17.3 Å². The van der Waals surface area contributed by atoms with E-state index < -0.39 is 0 Å². The first-order valence-corrected chi connectivity index (χ1v) is 7.98. The molecule has 0 radical (unpaired) electrons. The zero-order chi connectivity index (χ0) is 12.1. The Kier molecular flexibility index (Phi) is 2.81. The molecular formula is C16H30N+. The minimum absolute atomic E-state index is 0.826. The predicted octanol–water partition coefficient (Wildman–Crippen LogP) is 3.83. The molecule has 1 spiro atoms. The minimum atomic E-state index is 0.826. The van der Waals surface area contributed by atoms with E-state index in [1.807, 2.05) is 0 Å². The van der Waals surface area contributed by atoms with Gasteiger partial charge in [-0.05, 0) is 44.4 Å². The maximum atomic E-state index is 2.54. The fourth-order valence-corrected chi connectivity index (χ4v) is 5.17. The molecule has 5 unspecified atom stereocenters. The van der Waals surface area contributed by atoms with Crippen molar-refractivity contribution < 1.29 is 4.48 Å². The summed E-state index contributed by atoms with van der Waals surface area (Å²) in [5.41, 5.74) is 0.826. The van der Waals surface area contributed by atoms with E-state index in [9.17, 15) is 0 Å². The van der Waals surface area contributed by atoms with Crippen LogP contribution in [0.3, 0.4) is 0 Å². The number of hydrogen-bond acceptors (Lipinski definition) is 0. The number of quaternary nitrogens is 1. The summed E-state index contributed by atoms with van der Waals surface area (Å²) in [6.45, 7) is 7.61. The molecule has 2 saturated carbocycles. The van der Waals surface area contributed by atoms with Gasteiger partial charge in [-0.3, -0.25) is 0 Å². The summed E-state index contributed by atoms with van der Waals surface area (Å²) in [7, 11) is 2.54. The Morgan fingerprint density at radius 1 is 1.18 bits per heavy atom. The highest BCUT2D eigenvalue weighted by molar-refractivity contribution is 5.14. The monoisotopic (exact) mass is 236 g/mol. The molecule has 0 N–H and O–H groups in total. The number of likely N-dealkylation sites (tertiary alicyclic amines) is 1. The molecule has 1 aliphatic heterocycles. The van der Waals surface area contributed by atoms with Crippen LogP contribution in [0.25, 0.3) is 0 Å². The highest BCUT2D eigenvalue weighted by Crippen LogP contribution is 2.72. The van der Waals surface area contributed by atoms with Crippen molar-refractivity contribution in [2.24, 2.45) is 17.3 Å². The standard InChI is InChI=1S/C16H30N/c1-4-6-7-8-14-11-16(10-13-9-15(13)16)12-17(14,3)5-2/h13-15H,4-12H2,1-3H3/q+1. The van der Waals surface area contributed by atoms with Gasteiger partial charge in [0, 0.05) is 11.8 Å². The van der Waals surface area contributed by atoms with E-state index in [0.717, 1.165) is 11.5 Å². The van der Waals surface area contributed by atoms with Gasteiger partial charge >= 0.3 is 0 Å². The lowest BCUT2D eigenvalue weighted by Gasteiger charge is -2.39. The van der Waals surface area contributed by atoms with Crippen molar-refractivity contribution in [1.82, 2.24) is 0 Å². The average Bonchev–Trinajstić information content (AvgIpc) is 2.90. The highest BCUT2D eigenvalue weighted by atomic mass is 15.4. The molecule has 3 fully saturated rings.